The van der Waals surface area contributed by atoms with Gasteiger partial charge in [-0.25, -0.2) is 0 Å². The second kappa shape index (κ2) is 11.2. The Kier molecular flexibility index (Phi) is 8.42. The summed E-state index contributed by atoms with van der Waals surface area (Å²) in [6.07, 6.45) is 1.89. The van der Waals surface area contributed by atoms with Crippen molar-refractivity contribution in [3.05, 3.63) is 80.6 Å². The van der Waals surface area contributed by atoms with Gasteiger partial charge < -0.3 is 24.5 Å². The molecule has 0 atom stereocenters. The predicted octanol–water partition coefficient (Wildman–Crippen LogP) is 3.10. The van der Waals surface area contributed by atoms with Crippen molar-refractivity contribution in [1.29, 1.82) is 0 Å². The molecule has 0 unspecified atom stereocenters. The molecule has 2 aromatic carbocycles. The Bertz CT molecular complexity index is 1020. The molecule has 0 bridgehead atoms. The minimum atomic E-state index is -0.103. The van der Waals surface area contributed by atoms with Crippen LogP contribution in [0.4, 0.5) is 0 Å². The third-order valence-electron chi connectivity index (χ3n) is 4.87. The average molecular weight is 431 g/mol. The Hall–Kier alpha value is -2.22. The molecule has 2 N–H and O–H groups in total. The molecule has 3 aromatic rings. The third-order valence-corrected chi connectivity index (χ3v) is 5.12. The first-order valence-corrected chi connectivity index (χ1v) is 10.3. The number of aromatic nitrogens is 1. The first kappa shape index (κ1) is 22.5. The topological polar surface area (TPSA) is 72.7 Å². The van der Waals surface area contributed by atoms with Crippen LogP contribution >= 0.6 is 11.6 Å². The maximum Gasteiger partial charge on any atom is 0.193 e. The molecule has 0 aliphatic rings. The van der Waals surface area contributed by atoms with E-state index in [9.17, 15) is 9.90 Å². The van der Waals surface area contributed by atoms with Gasteiger partial charge in [0.2, 0.25) is 0 Å². The number of benzene rings is 2. The summed E-state index contributed by atoms with van der Waals surface area (Å²) in [6.45, 7) is 3.17. The van der Waals surface area contributed by atoms with E-state index in [0.29, 0.717) is 61.0 Å². The number of halogens is 1. The Morgan fingerprint density at radius 3 is 2.53 bits per heavy atom. The number of rotatable bonds is 11. The van der Waals surface area contributed by atoms with E-state index in [2.05, 4.69) is 5.32 Å². The van der Waals surface area contributed by atoms with Crippen LogP contribution in [0.2, 0.25) is 5.02 Å². The molecule has 30 heavy (non-hydrogen) atoms. The van der Waals surface area contributed by atoms with Gasteiger partial charge in [-0.2, -0.15) is 0 Å². The molecular weight excluding hydrogens is 404 g/mol. The maximum absolute atomic E-state index is 13.1. The van der Waals surface area contributed by atoms with Crippen molar-refractivity contribution in [3.8, 4) is 0 Å². The third kappa shape index (κ3) is 5.90. The predicted molar refractivity (Wildman–Crippen MR) is 119 cm³/mol. The standard InChI is InChI=1S/C23H27ClN2O4/c1-29-10-11-30-9-8-26-15-19(14-25-13-17-2-5-20(24)6-3-17)23(28)21-12-18(16-27)4-7-22(21)26/h2-7,12,15,25,27H,8-11,13-14,16H2,1H3. The molecule has 3 rings (SSSR count). The molecule has 0 fully saturated rings. The molecular formula is C23H27ClN2O4. The van der Waals surface area contributed by atoms with Crippen LogP contribution < -0.4 is 10.7 Å². The van der Waals surface area contributed by atoms with Gasteiger partial charge in [0, 0.05) is 48.9 Å². The van der Waals surface area contributed by atoms with Crippen molar-refractivity contribution in [2.75, 3.05) is 26.9 Å². The van der Waals surface area contributed by atoms with Crippen LogP contribution in [0, 0.1) is 0 Å². The minimum Gasteiger partial charge on any atom is -0.392 e. The number of ether oxygens (including phenoxy) is 2. The summed E-state index contributed by atoms with van der Waals surface area (Å²) in [6, 6.07) is 13.1. The number of nitrogens with zero attached hydrogens (tertiary/aromatic N) is 1. The number of aliphatic hydroxyl groups excluding tert-OH is 1. The average Bonchev–Trinajstić information content (AvgIpc) is 2.77. The molecule has 7 heteroatoms. The van der Waals surface area contributed by atoms with Gasteiger partial charge in [0.05, 0.1) is 31.9 Å². The normalized spacial score (nSPS) is 11.3. The quantitative estimate of drug-likeness (QED) is 0.457. The Balaban J connectivity index is 1.80. The number of aliphatic hydroxyl groups is 1. The lowest BCUT2D eigenvalue weighted by Gasteiger charge is -2.15. The van der Waals surface area contributed by atoms with Crippen molar-refractivity contribution >= 4 is 22.5 Å². The van der Waals surface area contributed by atoms with Gasteiger partial charge >= 0.3 is 0 Å². The zero-order valence-corrected chi connectivity index (χ0v) is 17.8. The van der Waals surface area contributed by atoms with E-state index in [-0.39, 0.29) is 12.0 Å². The van der Waals surface area contributed by atoms with Crippen molar-refractivity contribution in [2.45, 2.75) is 26.2 Å². The highest BCUT2D eigenvalue weighted by Gasteiger charge is 2.10. The summed E-state index contributed by atoms with van der Waals surface area (Å²) in [5, 5.41) is 14.1. The minimum absolute atomic E-state index is 0.0274. The van der Waals surface area contributed by atoms with Gasteiger partial charge in [-0.3, -0.25) is 4.79 Å². The van der Waals surface area contributed by atoms with Gasteiger partial charge in [-0.05, 0) is 35.4 Å². The first-order chi connectivity index (χ1) is 14.6. The molecule has 6 nitrogen and oxygen atoms in total. The van der Waals surface area contributed by atoms with Gasteiger partial charge in [0.25, 0.3) is 0 Å². The number of fused-ring (bicyclic) bond motifs is 1. The summed E-state index contributed by atoms with van der Waals surface area (Å²) in [4.78, 5) is 13.1. The second-order valence-corrected chi connectivity index (χ2v) is 7.46. The van der Waals surface area contributed by atoms with E-state index in [1.165, 1.54) is 0 Å². The number of nitrogens with one attached hydrogen (secondary N) is 1. The Morgan fingerprint density at radius 2 is 1.80 bits per heavy atom. The fraction of sp³-hybridized carbons (Fsp3) is 0.348. The molecule has 0 saturated heterocycles. The molecule has 1 aromatic heterocycles. The van der Waals surface area contributed by atoms with Gasteiger partial charge in [-0.1, -0.05) is 29.8 Å². The number of hydrogen-bond donors (Lipinski definition) is 2. The number of pyridine rings is 1. The molecule has 0 aliphatic carbocycles. The highest BCUT2D eigenvalue weighted by atomic mass is 35.5. The van der Waals surface area contributed by atoms with Crippen LogP contribution in [0.25, 0.3) is 10.9 Å². The highest BCUT2D eigenvalue weighted by Crippen LogP contribution is 2.15. The Morgan fingerprint density at radius 1 is 1.03 bits per heavy atom. The van der Waals surface area contributed by atoms with E-state index < -0.39 is 0 Å². The fourth-order valence-corrected chi connectivity index (χ4v) is 3.39. The largest absolute Gasteiger partial charge is 0.392 e. The van der Waals surface area contributed by atoms with Crippen LogP contribution in [-0.2, 0) is 35.7 Å². The van der Waals surface area contributed by atoms with Crippen LogP contribution in [-0.4, -0.2) is 36.6 Å². The van der Waals surface area contributed by atoms with E-state index in [0.717, 1.165) is 11.1 Å². The van der Waals surface area contributed by atoms with Gasteiger partial charge in [-0.15, -0.1) is 0 Å². The van der Waals surface area contributed by atoms with Crippen LogP contribution in [0.5, 0.6) is 0 Å². The van der Waals surface area contributed by atoms with Crippen molar-refractivity contribution in [2.24, 2.45) is 0 Å². The summed E-state index contributed by atoms with van der Waals surface area (Å²) < 4.78 is 12.6. The summed E-state index contributed by atoms with van der Waals surface area (Å²) >= 11 is 5.93. The summed E-state index contributed by atoms with van der Waals surface area (Å²) in [5.74, 6) is 0. The van der Waals surface area contributed by atoms with Crippen LogP contribution in [0.1, 0.15) is 16.7 Å². The van der Waals surface area contributed by atoms with Crippen molar-refractivity contribution < 1.29 is 14.6 Å². The molecule has 160 valence electrons. The number of methoxy groups -OCH3 is 1. The number of hydrogen-bond acceptors (Lipinski definition) is 5. The molecule has 1 heterocycles. The zero-order valence-electron chi connectivity index (χ0n) is 17.1. The van der Waals surface area contributed by atoms with Gasteiger partial charge in [0.15, 0.2) is 5.43 Å². The van der Waals surface area contributed by atoms with Crippen molar-refractivity contribution in [1.82, 2.24) is 9.88 Å². The summed E-state index contributed by atoms with van der Waals surface area (Å²) in [7, 11) is 1.64. The lowest BCUT2D eigenvalue weighted by molar-refractivity contribution is 0.0669. The second-order valence-electron chi connectivity index (χ2n) is 7.02. The highest BCUT2D eigenvalue weighted by molar-refractivity contribution is 6.30. The first-order valence-electron chi connectivity index (χ1n) is 9.90. The zero-order chi connectivity index (χ0) is 21.3. The van der Waals surface area contributed by atoms with E-state index >= 15 is 0 Å². The Labute approximate surface area is 181 Å². The van der Waals surface area contributed by atoms with E-state index in [1.807, 2.05) is 47.2 Å². The van der Waals surface area contributed by atoms with Gasteiger partial charge in [0.1, 0.15) is 0 Å². The maximum atomic E-state index is 13.1. The molecule has 0 amide bonds. The smallest absolute Gasteiger partial charge is 0.193 e. The van der Waals surface area contributed by atoms with Crippen LogP contribution in [0.3, 0.4) is 0 Å². The molecule has 0 saturated carbocycles. The SMILES string of the molecule is COCCOCCn1cc(CNCc2ccc(Cl)cc2)c(=O)c2cc(CO)ccc21. The lowest BCUT2D eigenvalue weighted by Crippen LogP contribution is -2.22. The molecule has 0 aliphatic heterocycles. The van der Waals surface area contributed by atoms with E-state index in [4.69, 9.17) is 21.1 Å². The molecule has 0 spiro atoms. The summed E-state index contributed by atoms with van der Waals surface area (Å²) in [5.41, 5.74) is 3.28. The van der Waals surface area contributed by atoms with Crippen LogP contribution in [0.15, 0.2) is 53.5 Å². The van der Waals surface area contributed by atoms with E-state index in [1.54, 1.807) is 13.2 Å². The molecule has 0 radical (unpaired) electrons. The fourth-order valence-electron chi connectivity index (χ4n) is 3.27. The monoisotopic (exact) mass is 430 g/mol. The lowest BCUT2D eigenvalue weighted by atomic mass is 10.1. The van der Waals surface area contributed by atoms with Crippen molar-refractivity contribution in [3.63, 3.8) is 0 Å².